The van der Waals surface area contributed by atoms with E-state index in [0.717, 1.165) is 60.2 Å². The minimum Gasteiger partial charge on any atom is -0.456 e. The molecule has 11 rings (SSSR count). The SMILES string of the molecule is c1ccc(-c2nc(-c3ccc4oc5cc6ccc(-c7cc8ccccc8c8ccccc78)cc6cc5c4c3)nc(-c3cccc4ccccc34)n2)cc1. The van der Waals surface area contributed by atoms with Crippen LogP contribution in [0.15, 0.2) is 180 Å². The van der Waals surface area contributed by atoms with Gasteiger partial charge in [0.05, 0.1) is 0 Å². The Kier molecular flexibility index (Phi) is 6.52. The Morgan fingerprint density at radius 3 is 1.81 bits per heavy atom. The maximum Gasteiger partial charge on any atom is 0.164 e. The Balaban J connectivity index is 1.08. The van der Waals surface area contributed by atoms with Gasteiger partial charge >= 0.3 is 0 Å². The summed E-state index contributed by atoms with van der Waals surface area (Å²) in [5, 5.41) is 11.6. The van der Waals surface area contributed by atoms with E-state index < -0.39 is 0 Å². The minimum absolute atomic E-state index is 0.615. The molecule has 0 saturated carbocycles. The zero-order valence-corrected chi connectivity index (χ0v) is 28.5. The summed E-state index contributed by atoms with van der Waals surface area (Å²) >= 11 is 0. The summed E-state index contributed by atoms with van der Waals surface area (Å²) in [5.74, 6) is 1.89. The van der Waals surface area contributed by atoms with Crippen molar-refractivity contribution in [2.75, 3.05) is 0 Å². The van der Waals surface area contributed by atoms with Crippen molar-refractivity contribution in [1.82, 2.24) is 15.0 Å². The molecule has 0 fully saturated rings. The van der Waals surface area contributed by atoms with Crippen LogP contribution in [0, 0.1) is 0 Å². The van der Waals surface area contributed by atoms with Crippen molar-refractivity contribution < 1.29 is 4.42 Å². The van der Waals surface area contributed by atoms with Gasteiger partial charge in [0.25, 0.3) is 0 Å². The Hall–Kier alpha value is -7.17. The van der Waals surface area contributed by atoms with Gasteiger partial charge in [-0.2, -0.15) is 0 Å². The fourth-order valence-corrected chi connectivity index (χ4v) is 7.88. The molecule has 9 aromatic carbocycles. The Labute approximate surface area is 304 Å². The molecule has 2 aromatic heterocycles. The molecule has 0 amide bonds. The third kappa shape index (κ3) is 4.88. The number of nitrogens with zero attached hydrogens (tertiary/aromatic N) is 3. The number of hydrogen-bond donors (Lipinski definition) is 0. The number of benzene rings is 9. The number of furan rings is 1. The van der Waals surface area contributed by atoms with Gasteiger partial charge in [-0.1, -0.05) is 133 Å². The summed E-state index contributed by atoms with van der Waals surface area (Å²) in [6.45, 7) is 0. The highest BCUT2D eigenvalue weighted by Crippen LogP contribution is 2.39. The molecule has 0 unspecified atom stereocenters. The molecule has 11 aromatic rings. The lowest BCUT2D eigenvalue weighted by atomic mass is 9.92. The molecule has 0 bridgehead atoms. The molecule has 0 atom stereocenters. The molecule has 0 saturated heterocycles. The van der Waals surface area contributed by atoms with Crippen LogP contribution >= 0.6 is 0 Å². The lowest BCUT2D eigenvalue weighted by Crippen LogP contribution is -2.00. The van der Waals surface area contributed by atoms with Crippen molar-refractivity contribution in [2.45, 2.75) is 0 Å². The molecular weight excluding hydrogens is 647 g/mol. The topological polar surface area (TPSA) is 51.8 Å². The quantitative estimate of drug-likeness (QED) is 0.174. The zero-order valence-electron chi connectivity index (χ0n) is 28.5. The number of rotatable bonds is 4. The molecule has 2 heterocycles. The summed E-state index contributed by atoms with van der Waals surface area (Å²) in [4.78, 5) is 15.2. The number of fused-ring (bicyclic) bond motifs is 8. The average Bonchev–Trinajstić information content (AvgIpc) is 3.58. The fourth-order valence-electron chi connectivity index (χ4n) is 7.88. The van der Waals surface area contributed by atoms with Crippen molar-refractivity contribution in [2.24, 2.45) is 0 Å². The Morgan fingerprint density at radius 1 is 0.283 bits per heavy atom. The smallest absolute Gasteiger partial charge is 0.164 e. The second-order valence-electron chi connectivity index (χ2n) is 13.6. The normalized spacial score (nSPS) is 11.8. The first-order chi connectivity index (χ1) is 26.2. The van der Waals surface area contributed by atoms with Crippen LogP contribution in [0.4, 0.5) is 0 Å². The molecule has 53 heavy (non-hydrogen) atoms. The Bertz CT molecular complexity index is 3230. The minimum atomic E-state index is 0.615. The van der Waals surface area contributed by atoms with Gasteiger partial charge in [-0.3, -0.25) is 0 Å². The van der Waals surface area contributed by atoms with Gasteiger partial charge in [0, 0.05) is 27.5 Å². The zero-order chi connectivity index (χ0) is 34.9. The molecule has 0 spiro atoms. The molecule has 4 nitrogen and oxygen atoms in total. The highest BCUT2D eigenvalue weighted by atomic mass is 16.3. The van der Waals surface area contributed by atoms with Crippen molar-refractivity contribution in [3.63, 3.8) is 0 Å². The van der Waals surface area contributed by atoms with Gasteiger partial charge in [-0.05, 0) is 96.7 Å². The monoisotopic (exact) mass is 675 g/mol. The van der Waals surface area contributed by atoms with Crippen LogP contribution in [-0.4, -0.2) is 15.0 Å². The van der Waals surface area contributed by atoms with E-state index in [0.29, 0.717) is 17.5 Å². The fraction of sp³-hybridized carbons (Fsp3) is 0. The van der Waals surface area contributed by atoms with E-state index >= 15 is 0 Å². The summed E-state index contributed by atoms with van der Waals surface area (Å²) in [7, 11) is 0. The van der Waals surface area contributed by atoms with Gasteiger partial charge in [-0.25, -0.2) is 15.0 Å². The van der Waals surface area contributed by atoms with E-state index in [9.17, 15) is 0 Å². The maximum absolute atomic E-state index is 6.45. The largest absolute Gasteiger partial charge is 0.456 e. The molecule has 246 valence electrons. The van der Waals surface area contributed by atoms with Crippen molar-refractivity contribution in [3.05, 3.63) is 176 Å². The number of aromatic nitrogens is 3. The van der Waals surface area contributed by atoms with Crippen molar-refractivity contribution in [3.8, 4) is 45.3 Å². The molecule has 0 N–H and O–H groups in total. The second kappa shape index (κ2) is 11.7. The van der Waals surface area contributed by atoms with E-state index in [1.807, 2.05) is 42.5 Å². The summed E-state index contributed by atoms with van der Waals surface area (Å²) in [6.07, 6.45) is 0. The van der Waals surface area contributed by atoms with E-state index in [4.69, 9.17) is 19.4 Å². The molecule has 0 aliphatic carbocycles. The molecule has 0 aliphatic heterocycles. The van der Waals surface area contributed by atoms with Crippen molar-refractivity contribution >= 4 is 65.0 Å². The molecule has 0 aliphatic rings. The van der Waals surface area contributed by atoms with Gasteiger partial charge in [0.15, 0.2) is 17.5 Å². The second-order valence-corrected chi connectivity index (χ2v) is 13.6. The van der Waals surface area contributed by atoms with Crippen LogP contribution in [0.1, 0.15) is 0 Å². The summed E-state index contributed by atoms with van der Waals surface area (Å²) < 4.78 is 6.45. The number of hydrogen-bond acceptors (Lipinski definition) is 4. The van der Waals surface area contributed by atoms with Crippen LogP contribution < -0.4 is 0 Å². The molecular formula is C49H29N3O. The highest BCUT2D eigenvalue weighted by molar-refractivity contribution is 6.15. The van der Waals surface area contributed by atoms with Crippen LogP contribution in [0.25, 0.3) is 110 Å². The van der Waals surface area contributed by atoms with E-state index in [1.54, 1.807) is 0 Å². The van der Waals surface area contributed by atoms with E-state index in [1.165, 1.54) is 32.7 Å². The summed E-state index contributed by atoms with van der Waals surface area (Å²) in [5.41, 5.74) is 6.91. The molecule has 0 radical (unpaired) electrons. The van der Waals surface area contributed by atoms with E-state index in [-0.39, 0.29) is 0 Å². The predicted molar refractivity (Wildman–Crippen MR) is 219 cm³/mol. The van der Waals surface area contributed by atoms with Crippen LogP contribution in [-0.2, 0) is 0 Å². The average molecular weight is 676 g/mol. The first-order valence-corrected chi connectivity index (χ1v) is 17.8. The first kappa shape index (κ1) is 29.5. The predicted octanol–water partition coefficient (Wildman–Crippen LogP) is 13.1. The van der Waals surface area contributed by atoms with Crippen LogP contribution in [0.2, 0.25) is 0 Å². The van der Waals surface area contributed by atoms with Gasteiger partial charge in [0.1, 0.15) is 11.2 Å². The third-order valence-corrected chi connectivity index (χ3v) is 10.5. The van der Waals surface area contributed by atoms with Crippen molar-refractivity contribution in [1.29, 1.82) is 0 Å². The van der Waals surface area contributed by atoms with Gasteiger partial charge in [-0.15, -0.1) is 0 Å². The molecule has 4 heteroatoms. The van der Waals surface area contributed by atoms with Gasteiger partial charge < -0.3 is 4.42 Å². The van der Waals surface area contributed by atoms with Gasteiger partial charge in [0.2, 0.25) is 0 Å². The standard InChI is InChI=1S/C49H29N3O/c1-2-12-31(13-3-1)47-50-48(52-49(51-47)41-20-10-15-30-11-4-6-16-37(30)41)35-23-24-45-43(27-35)44-28-36-25-34(22-21-32(36)29-46(44)53-45)42-26-33-14-5-7-17-38(33)39-18-8-9-19-40(39)42/h1-29H. The van der Waals surface area contributed by atoms with Crippen LogP contribution in [0.5, 0.6) is 0 Å². The highest BCUT2D eigenvalue weighted by Gasteiger charge is 2.17. The third-order valence-electron chi connectivity index (χ3n) is 10.5. The maximum atomic E-state index is 6.45. The lowest BCUT2D eigenvalue weighted by Gasteiger charge is -2.12. The van der Waals surface area contributed by atoms with Crippen LogP contribution in [0.3, 0.4) is 0 Å². The summed E-state index contributed by atoms with van der Waals surface area (Å²) in [6, 6.07) is 61.8. The first-order valence-electron chi connectivity index (χ1n) is 17.8. The van der Waals surface area contributed by atoms with E-state index in [2.05, 4.69) is 133 Å². The lowest BCUT2D eigenvalue weighted by molar-refractivity contribution is 0.669. The Morgan fingerprint density at radius 2 is 0.943 bits per heavy atom.